The van der Waals surface area contributed by atoms with E-state index in [1.807, 2.05) is 13.0 Å². The van der Waals surface area contributed by atoms with Gasteiger partial charge in [0.1, 0.15) is 5.75 Å². The topological polar surface area (TPSA) is 60.9 Å². The van der Waals surface area contributed by atoms with Crippen LogP contribution in [0.1, 0.15) is 44.6 Å². The van der Waals surface area contributed by atoms with Gasteiger partial charge in [0.05, 0.1) is 0 Å². The standard InChI is InChI=1S/C21H33N3O3S/c1-3-24(19-9-5-4-6-10-19)21(25)17-28(26,27)23-14-12-22(13-15-23)20-11-7-8-18(2)16-20/h7-8,11,16,19H,3-6,9-10,12-15,17H2,1-2H3. The van der Waals surface area contributed by atoms with Gasteiger partial charge in [-0.15, -0.1) is 0 Å². The summed E-state index contributed by atoms with van der Waals surface area (Å²) in [5.74, 6) is -0.641. The third kappa shape index (κ3) is 5.06. The van der Waals surface area contributed by atoms with Crippen LogP contribution in [0.3, 0.4) is 0 Å². The fourth-order valence-corrected chi connectivity index (χ4v) is 5.79. The molecule has 1 aliphatic heterocycles. The molecule has 0 aromatic heterocycles. The van der Waals surface area contributed by atoms with Crippen molar-refractivity contribution in [2.24, 2.45) is 0 Å². The molecule has 2 aliphatic rings. The number of benzene rings is 1. The van der Waals surface area contributed by atoms with Gasteiger partial charge in [-0.25, -0.2) is 8.42 Å². The van der Waals surface area contributed by atoms with Crippen molar-refractivity contribution in [1.82, 2.24) is 9.21 Å². The summed E-state index contributed by atoms with van der Waals surface area (Å²) in [6, 6.07) is 8.47. The van der Waals surface area contributed by atoms with Crippen LogP contribution in [0.5, 0.6) is 0 Å². The van der Waals surface area contributed by atoms with E-state index in [0.717, 1.165) is 31.4 Å². The largest absolute Gasteiger partial charge is 0.369 e. The smallest absolute Gasteiger partial charge is 0.239 e. The minimum atomic E-state index is -3.57. The Morgan fingerprint density at radius 2 is 1.79 bits per heavy atom. The number of aryl methyl sites for hydroxylation is 1. The molecule has 1 aromatic rings. The third-order valence-corrected chi connectivity index (χ3v) is 7.74. The van der Waals surface area contributed by atoms with Crippen LogP contribution < -0.4 is 4.90 Å². The molecule has 3 rings (SSSR count). The number of hydrogen-bond donors (Lipinski definition) is 0. The molecule has 1 saturated carbocycles. The number of sulfonamides is 1. The maximum Gasteiger partial charge on any atom is 0.239 e. The molecule has 6 nitrogen and oxygen atoms in total. The average Bonchev–Trinajstić information content (AvgIpc) is 2.69. The highest BCUT2D eigenvalue weighted by Crippen LogP contribution is 2.23. The molecule has 1 amide bonds. The van der Waals surface area contributed by atoms with Crippen molar-refractivity contribution in [3.8, 4) is 0 Å². The molecule has 0 spiro atoms. The molecule has 0 atom stereocenters. The van der Waals surface area contributed by atoms with Crippen molar-refractivity contribution < 1.29 is 13.2 Å². The first kappa shape index (κ1) is 21.1. The highest BCUT2D eigenvalue weighted by atomic mass is 32.2. The van der Waals surface area contributed by atoms with Crippen LogP contribution in [0.4, 0.5) is 5.69 Å². The summed E-state index contributed by atoms with van der Waals surface area (Å²) in [6.45, 7) is 6.74. The van der Waals surface area contributed by atoms with E-state index >= 15 is 0 Å². The fraction of sp³-hybridized carbons (Fsp3) is 0.667. The lowest BCUT2D eigenvalue weighted by atomic mass is 9.94. The molecule has 0 radical (unpaired) electrons. The van der Waals surface area contributed by atoms with Gasteiger partial charge in [0.25, 0.3) is 0 Å². The average molecular weight is 408 g/mol. The molecule has 1 aliphatic carbocycles. The van der Waals surface area contributed by atoms with E-state index in [2.05, 4.69) is 30.0 Å². The predicted molar refractivity (Wildman–Crippen MR) is 113 cm³/mol. The van der Waals surface area contributed by atoms with Crippen LogP contribution in [0.15, 0.2) is 24.3 Å². The molecule has 0 N–H and O–H groups in total. The Kier molecular flexibility index (Phi) is 6.99. The van der Waals surface area contributed by atoms with Crippen molar-refractivity contribution >= 4 is 21.6 Å². The second kappa shape index (κ2) is 9.27. The zero-order valence-electron chi connectivity index (χ0n) is 17.1. The molecule has 7 heteroatoms. The maximum absolute atomic E-state index is 12.9. The fourth-order valence-electron chi connectivity index (χ4n) is 4.41. The maximum atomic E-state index is 12.9. The van der Waals surface area contributed by atoms with Gasteiger partial charge >= 0.3 is 0 Å². The Labute approximate surface area is 169 Å². The zero-order chi connectivity index (χ0) is 20.1. The monoisotopic (exact) mass is 407 g/mol. The normalized spacial score (nSPS) is 19.6. The van der Waals surface area contributed by atoms with Gasteiger partial charge in [-0.05, 0) is 44.4 Å². The zero-order valence-corrected chi connectivity index (χ0v) is 18.0. The Morgan fingerprint density at radius 1 is 1.11 bits per heavy atom. The highest BCUT2D eigenvalue weighted by Gasteiger charge is 2.32. The van der Waals surface area contributed by atoms with Crippen LogP contribution in [-0.4, -0.2) is 68.0 Å². The lowest BCUT2D eigenvalue weighted by Crippen LogP contribution is -2.52. The van der Waals surface area contributed by atoms with Gasteiger partial charge in [0.2, 0.25) is 15.9 Å². The molecule has 2 fully saturated rings. The number of hydrogen-bond acceptors (Lipinski definition) is 4. The number of amides is 1. The second-order valence-corrected chi connectivity index (χ2v) is 9.92. The molecule has 0 unspecified atom stereocenters. The Balaban J connectivity index is 1.58. The lowest BCUT2D eigenvalue weighted by molar-refractivity contribution is -0.131. The molecule has 1 saturated heterocycles. The van der Waals surface area contributed by atoms with Crippen LogP contribution in [-0.2, 0) is 14.8 Å². The van der Waals surface area contributed by atoms with Gasteiger partial charge in [-0.1, -0.05) is 31.4 Å². The molecule has 0 bridgehead atoms. The van der Waals surface area contributed by atoms with Crippen LogP contribution in [0, 0.1) is 6.92 Å². The van der Waals surface area contributed by atoms with Gasteiger partial charge in [-0.2, -0.15) is 4.31 Å². The molecule has 28 heavy (non-hydrogen) atoms. The van der Waals surface area contributed by atoms with Gasteiger partial charge < -0.3 is 9.80 Å². The van der Waals surface area contributed by atoms with E-state index < -0.39 is 15.8 Å². The van der Waals surface area contributed by atoms with E-state index in [1.54, 1.807) is 4.90 Å². The first-order valence-electron chi connectivity index (χ1n) is 10.5. The quantitative estimate of drug-likeness (QED) is 0.727. The summed E-state index contributed by atoms with van der Waals surface area (Å²) in [5.41, 5.74) is 2.32. The van der Waals surface area contributed by atoms with Crippen molar-refractivity contribution in [1.29, 1.82) is 0 Å². The van der Waals surface area contributed by atoms with E-state index in [0.29, 0.717) is 32.7 Å². The molecular formula is C21H33N3O3S. The summed E-state index contributed by atoms with van der Waals surface area (Å²) < 4.78 is 27.2. The van der Waals surface area contributed by atoms with E-state index in [9.17, 15) is 13.2 Å². The molecule has 156 valence electrons. The number of carbonyl (C=O) groups is 1. The second-order valence-electron chi connectivity index (χ2n) is 7.95. The molecule has 1 heterocycles. The van der Waals surface area contributed by atoms with Crippen LogP contribution in [0.25, 0.3) is 0 Å². The Bertz CT molecular complexity index is 767. The van der Waals surface area contributed by atoms with Crippen LogP contribution in [0.2, 0.25) is 0 Å². The Hall–Kier alpha value is -1.60. The van der Waals surface area contributed by atoms with Crippen LogP contribution >= 0.6 is 0 Å². The summed E-state index contributed by atoms with van der Waals surface area (Å²) in [6.07, 6.45) is 5.46. The van der Waals surface area contributed by atoms with Crippen molar-refractivity contribution in [2.45, 2.75) is 52.0 Å². The van der Waals surface area contributed by atoms with Crippen molar-refractivity contribution in [3.05, 3.63) is 29.8 Å². The van der Waals surface area contributed by atoms with E-state index in [4.69, 9.17) is 0 Å². The third-order valence-electron chi connectivity index (χ3n) is 5.98. The summed E-state index contributed by atoms with van der Waals surface area (Å²) in [4.78, 5) is 16.8. The number of rotatable bonds is 6. The van der Waals surface area contributed by atoms with Gasteiger partial charge in [0, 0.05) is 44.5 Å². The lowest BCUT2D eigenvalue weighted by Gasteiger charge is -2.37. The summed E-state index contributed by atoms with van der Waals surface area (Å²) in [5, 5.41) is 0. The number of anilines is 1. The Morgan fingerprint density at radius 3 is 2.39 bits per heavy atom. The van der Waals surface area contributed by atoms with Crippen molar-refractivity contribution in [2.75, 3.05) is 43.4 Å². The first-order chi connectivity index (χ1) is 13.4. The highest BCUT2D eigenvalue weighted by molar-refractivity contribution is 7.89. The minimum Gasteiger partial charge on any atom is -0.369 e. The van der Waals surface area contributed by atoms with Crippen molar-refractivity contribution in [3.63, 3.8) is 0 Å². The predicted octanol–water partition coefficient (Wildman–Crippen LogP) is 2.63. The summed E-state index contributed by atoms with van der Waals surface area (Å²) >= 11 is 0. The van der Waals surface area contributed by atoms with Gasteiger partial charge in [0.15, 0.2) is 0 Å². The summed E-state index contributed by atoms with van der Waals surface area (Å²) in [7, 11) is -3.57. The SMILES string of the molecule is CCN(C(=O)CS(=O)(=O)N1CCN(c2cccc(C)c2)CC1)C1CCCCC1. The van der Waals surface area contributed by atoms with Gasteiger partial charge in [-0.3, -0.25) is 4.79 Å². The molecular weight excluding hydrogens is 374 g/mol. The number of piperazine rings is 1. The first-order valence-corrected chi connectivity index (χ1v) is 12.1. The number of carbonyl (C=O) groups excluding carboxylic acids is 1. The van der Waals surface area contributed by atoms with E-state index in [-0.39, 0.29) is 11.9 Å². The minimum absolute atomic E-state index is 0.208. The number of nitrogens with zero attached hydrogens (tertiary/aromatic N) is 3. The van der Waals surface area contributed by atoms with E-state index in [1.165, 1.54) is 16.3 Å². The molecule has 1 aromatic carbocycles.